The largest absolute Gasteiger partial charge is 0.480 e. The van der Waals surface area contributed by atoms with Gasteiger partial charge in [0, 0.05) is 30.7 Å². The Morgan fingerprint density at radius 2 is 1.76 bits per heavy atom. The van der Waals surface area contributed by atoms with Crippen molar-refractivity contribution in [1.82, 2.24) is 10.6 Å². The number of halogens is 1. The first-order valence-electron chi connectivity index (χ1n) is 7.84. The lowest BCUT2D eigenvalue weighted by Gasteiger charge is -2.24. The van der Waals surface area contributed by atoms with Crippen LogP contribution in [0.5, 0.6) is 0 Å². The number of benzene rings is 1. The van der Waals surface area contributed by atoms with Crippen molar-refractivity contribution in [1.29, 1.82) is 0 Å². The number of amides is 2. The normalized spacial score (nSPS) is 13.2. The molecule has 1 aromatic rings. The summed E-state index contributed by atoms with van der Waals surface area (Å²) in [5.41, 5.74) is 0.358. The second-order valence-electron chi connectivity index (χ2n) is 5.88. The Balaban J connectivity index is 2.80. The highest BCUT2D eigenvalue weighted by Gasteiger charge is 2.28. The average molecular weight is 371 g/mol. The molecule has 8 heteroatoms. The standard InChI is InChI=1S/C17H23ClN2O5/c1-10(2)14(16(22)19-13(17(23)24)8-9-25-3)20-15(21)11-4-6-12(18)7-5-11/h4-7,10,13-14H,8-9H2,1-3H3,(H,19,22)(H,20,21)(H,23,24). The molecule has 0 bridgehead atoms. The Kier molecular flexibility index (Phi) is 8.37. The third kappa shape index (κ3) is 6.72. The van der Waals surface area contributed by atoms with Gasteiger partial charge in [0.05, 0.1) is 0 Å². The van der Waals surface area contributed by atoms with Gasteiger partial charge in [0.2, 0.25) is 5.91 Å². The van der Waals surface area contributed by atoms with Crippen LogP contribution < -0.4 is 10.6 Å². The van der Waals surface area contributed by atoms with Crippen LogP contribution in [0.15, 0.2) is 24.3 Å². The topological polar surface area (TPSA) is 105 Å². The smallest absolute Gasteiger partial charge is 0.326 e. The van der Waals surface area contributed by atoms with Gasteiger partial charge in [0.25, 0.3) is 5.91 Å². The predicted molar refractivity (Wildman–Crippen MR) is 93.6 cm³/mol. The molecule has 0 saturated heterocycles. The number of carbonyl (C=O) groups excluding carboxylic acids is 2. The van der Waals surface area contributed by atoms with E-state index in [9.17, 15) is 19.5 Å². The first kappa shape index (κ1) is 20.9. The lowest BCUT2D eigenvalue weighted by Crippen LogP contribution is -2.53. The van der Waals surface area contributed by atoms with Crippen LogP contribution >= 0.6 is 11.6 Å². The van der Waals surface area contributed by atoms with Crippen LogP contribution in [0.2, 0.25) is 5.02 Å². The number of aliphatic carboxylic acids is 1. The Labute approximate surface area is 151 Å². The van der Waals surface area contributed by atoms with Gasteiger partial charge in [-0.25, -0.2) is 4.79 Å². The first-order chi connectivity index (χ1) is 11.8. The number of nitrogens with one attached hydrogen (secondary N) is 2. The number of methoxy groups -OCH3 is 1. The molecule has 0 fully saturated rings. The molecule has 0 spiro atoms. The monoisotopic (exact) mass is 370 g/mol. The van der Waals surface area contributed by atoms with E-state index in [0.29, 0.717) is 10.6 Å². The summed E-state index contributed by atoms with van der Waals surface area (Å²) in [7, 11) is 1.45. The third-order valence-electron chi connectivity index (χ3n) is 3.57. The Bertz CT molecular complexity index is 604. The molecule has 0 aromatic heterocycles. The van der Waals surface area contributed by atoms with Gasteiger partial charge in [0.15, 0.2) is 0 Å². The summed E-state index contributed by atoms with van der Waals surface area (Å²) in [5, 5.41) is 14.8. The van der Waals surface area contributed by atoms with Gasteiger partial charge in [0.1, 0.15) is 12.1 Å². The zero-order valence-electron chi connectivity index (χ0n) is 14.4. The lowest BCUT2D eigenvalue weighted by molar-refractivity contribution is -0.142. The highest BCUT2D eigenvalue weighted by atomic mass is 35.5. The molecule has 138 valence electrons. The van der Waals surface area contributed by atoms with Crippen molar-refractivity contribution in [2.24, 2.45) is 5.92 Å². The van der Waals surface area contributed by atoms with E-state index in [1.165, 1.54) is 7.11 Å². The molecule has 2 unspecified atom stereocenters. The van der Waals surface area contributed by atoms with E-state index in [2.05, 4.69) is 10.6 Å². The van der Waals surface area contributed by atoms with Crippen LogP contribution in [-0.2, 0) is 14.3 Å². The summed E-state index contributed by atoms with van der Waals surface area (Å²) in [6, 6.07) is 4.30. The van der Waals surface area contributed by atoms with E-state index in [1.807, 2.05) is 0 Å². The second-order valence-corrected chi connectivity index (χ2v) is 6.32. The first-order valence-corrected chi connectivity index (χ1v) is 8.22. The van der Waals surface area contributed by atoms with Gasteiger partial charge in [-0.3, -0.25) is 9.59 Å². The molecule has 2 amide bonds. The van der Waals surface area contributed by atoms with Crippen molar-refractivity contribution in [3.63, 3.8) is 0 Å². The molecular formula is C17H23ClN2O5. The van der Waals surface area contributed by atoms with Gasteiger partial charge in [-0.2, -0.15) is 0 Å². The fourth-order valence-electron chi connectivity index (χ4n) is 2.12. The lowest BCUT2D eigenvalue weighted by atomic mass is 10.0. The minimum atomic E-state index is -1.16. The minimum absolute atomic E-state index is 0.132. The average Bonchev–Trinajstić information content (AvgIpc) is 2.56. The van der Waals surface area contributed by atoms with Crippen LogP contribution in [0.25, 0.3) is 0 Å². The molecule has 2 atom stereocenters. The Morgan fingerprint density at radius 1 is 1.16 bits per heavy atom. The zero-order chi connectivity index (χ0) is 19.0. The van der Waals surface area contributed by atoms with E-state index in [4.69, 9.17) is 16.3 Å². The molecule has 1 aromatic carbocycles. The highest BCUT2D eigenvalue weighted by Crippen LogP contribution is 2.11. The number of carboxylic acid groups (broad SMARTS) is 1. The van der Waals surface area contributed by atoms with Crippen molar-refractivity contribution in [3.8, 4) is 0 Å². The number of hydrogen-bond donors (Lipinski definition) is 3. The number of carboxylic acids is 1. The zero-order valence-corrected chi connectivity index (χ0v) is 15.2. The molecule has 0 saturated carbocycles. The number of rotatable bonds is 9. The third-order valence-corrected chi connectivity index (χ3v) is 3.82. The molecule has 0 aliphatic carbocycles. The molecule has 0 heterocycles. The van der Waals surface area contributed by atoms with E-state index < -0.39 is 29.9 Å². The van der Waals surface area contributed by atoms with Crippen molar-refractivity contribution in [2.75, 3.05) is 13.7 Å². The Morgan fingerprint density at radius 3 is 2.24 bits per heavy atom. The van der Waals surface area contributed by atoms with Crippen LogP contribution in [0, 0.1) is 5.92 Å². The van der Waals surface area contributed by atoms with E-state index in [1.54, 1.807) is 38.1 Å². The van der Waals surface area contributed by atoms with E-state index in [0.717, 1.165) is 0 Å². The summed E-state index contributed by atoms with van der Waals surface area (Å²) in [6.07, 6.45) is 0.132. The fourth-order valence-corrected chi connectivity index (χ4v) is 2.24. The van der Waals surface area contributed by atoms with E-state index >= 15 is 0 Å². The van der Waals surface area contributed by atoms with Gasteiger partial charge in [-0.1, -0.05) is 25.4 Å². The number of hydrogen-bond acceptors (Lipinski definition) is 4. The van der Waals surface area contributed by atoms with Crippen molar-refractivity contribution in [2.45, 2.75) is 32.4 Å². The predicted octanol–water partition coefficient (Wildman–Crippen LogP) is 1.70. The van der Waals surface area contributed by atoms with Gasteiger partial charge < -0.3 is 20.5 Å². The van der Waals surface area contributed by atoms with Crippen molar-refractivity contribution in [3.05, 3.63) is 34.9 Å². The molecule has 0 radical (unpaired) electrons. The molecule has 7 nitrogen and oxygen atoms in total. The van der Waals surface area contributed by atoms with Crippen LogP contribution in [0.4, 0.5) is 0 Å². The molecule has 1 rings (SSSR count). The maximum absolute atomic E-state index is 12.4. The summed E-state index contributed by atoms with van der Waals surface area (Å²) in [6.45, 7) is 3.72. The van der Waals surface area contributed by atoms with Crippen LogP contribution in [0.3, 0.4) is 0 Å². The van der Waals surface area contributed by atoms with Crippen LogP contribution in [0.1, 0.15) is 30.6 Å². The molecule has 3 N–H and O–H groups in total. The summed E-state index contributed by atoms with van der Waals surface area (Å²) in [4.78, 5) is 36.0. The van der Waals surface area contributed by atoms with Crippen molar-refractivity contribution < 1.29 is 24.2 Å². The quantitative estimate of drug-likeness (QED) is 0.613. The number of ether oxygens (including phenoxy) is 1. The number of carbonyl (C=O) groups is 3. The van der Waals surface area contributed by atoms with Crippen molar-refractivity contribution >= 4 is 29.4 Å². The summed E-state index contributed by atoms with van der Waals surface area (Å²) in [5.74, 6) is -2.37. The van der Waals surface area contributed by atoms with Gasteiger partial charge in [-0.15, -0.1) is 0 Å². The summed E-state index contributed by atoms with van der Waals surface area (Å²) >= 11 is 5.79. The van der Waals surface area contributed by atoms with Gasteiger partial charge >= 0.3 is 5.97 Å². The minimum Gasteiger partial charge on any atom is -0.480 e. The fraction of sp³-hybridized carbons (Fsp3) is 0.471. The van der Waals surface area contributed by atoms with Crippen LogP contribution in [-0.4, -0.2) is 48.7 Å². The molecule has 0 aliphatic heterocycles. The van der Waals surface area contributed by atoms with E-state index in [-0.39, 0.29) is 18.9 Å². The highest BCUT2D eigenvalue weighted by molar-refractivity contribution is 6.30. The second kappa shape index (κ2) is 10.0. The SMILES string of the molecule is COCCC(NC(=O)C(NC(=O)c1ccc(Cl)cc1)C(C)C)C(=O)O. The molecule has 25 heavy (non-hydrogen) atoms. The Hall–Kier alpha value is -2.12. The summed E-state index contributed by atoms with van der Waals surface area (Å²) < 4.78 is 4.85. The molecule has 0 aliphatic rings. The molecular weight excluding hydrogens is 348 g/mol. The van der Waals surface area contributed by atoms with Gasteiger partial charge in [-0.05, 0) is 30.2 Å². The maximum atomic E-state index is 12.4. The maximum Gasteiger partial charge on any atom is 0.326 e.